The molecule has 0 bridgehead atoms. The number of carbonyl (C=O) groups excluding carboxylic acids is 1. The minimum Gasteiger partial charge on any atom is -0.507 e. The van der Waals surface area contributed by atoms with Crippen molar-refractivity contribution < 1.29 is 9.90 Å². The monoisotopic (exact) mass is 195 g/mol. The highest BCUT2D eigenvalue weighted by Gasteiger charge is 2.07. The van der Waals surface area contributed by atoms with Gasteiger partial charge < -0.3 is 10.1 Å². The number of nitrogens with one attached hydrogen (secondary N) is 1. The molecule has 66 valence electrons. The average molecular weight is 196 g/mol. The van der Waals surface area contributed by atoms with Gasteiger partial charge in [0.1, 0.15) is 5.75 Å². The molecule has 0 amide bonds. The molecule has 0 atom stereocenters. The zero-order chi connectivity index (χ0) is 9.42. The van der Waals surface area contributed by atoms with Gasteiger partial charge in [-0.2, -0.15) is 0 Å². The van der Waals surface area contributed by atoms with Gasteiger partial charge in [-0.1, -0.05) is 11.6 Å². The molecule has 0 aliphatic carbocycles. The normalized spacial score (nSPS) is 10.5. The van der Waals surface area contributed by atoms with Crippen molar-refractivity contribution in [2.45, 2.75) is 0 Å². The molecule has 13 heavy (non-hydrogen) atoms. The molecule has 1 aromatic heterocycles. The first-order chi connectivity index (χ1) is 6.22. The van der Waals surface area contributed by atoms with Gasteiger partial charge in [0.05, 0.1) is 16.2 Å². The number of rotatable bonds is 1. The fourth-order valence-corrected chi connectivity index (χ4v) is 1.47. The molecule has 3 nitrogen and oxygen atoms in total. The highest BCUT2D eigenvalue weighted by atomic mass is 35.5. The molecule has 2 aromatic rings. The lowest BCUT2D eigenvalue weighted by atomic mass is 10.2. The number of benzene rings is 1. The van der Waals surface area contributed by atoms with E-state index in [0.29, 0.717) is 27.9 Å². The van der Waals surface area contributed by atoms with E-state index in [2.05, 4.69) is 4.98 Å². The first-order valence-electron chi connectivity index (χ1n) is 3.68. The summed E-state index contributed by atoms with van der Waals surface area (Å²) < 4.78 is 0. The zero-order valence-electron chi connectivity index (χ0n) is 6.54. The number of halogens is 1. The Labute approximate surface area is 78.9 Å². The van der Waals surface area contributed by atoms with Gasteiger partial charge in [0.25, 0.3) is 0 Å². The standard InChI is InChI=1S/C9H6ClNO2/c10-7-1-2-8(13)6-3-5(4-12)11-9(6)7/h1-4,11,13H. The van der Waals surface area contributed by atoms with Crippen LogP contribution in [0.15, 0.2) is 18.2 Å². The number of hydrogen-bond donors (Lipinski definition) is 2. The van der Waals surface area contributed by atoms with Gasteiger partial charge in [-0.05, 0) is 18.2 Å². The quantitative estimate of drug-likeness (QED) is 0.687. The second-order valence-corrected chi connectivity index (χ2v) is 3.10. The maximum atomic E-state index is 10.4. The van der Waals surface area contributed by atoms with E-state index in [4.69, 9.17) is 11.6 Å². The number of carbonyl (C=O) groups is 1. The Morgan fingerprint density at radius 1 is 1.46 bits per heavy atom. The SMILES string of the molecule is O=Cc1cc2c(O)ccc(Cl)c2[nH]1. The average Bonchev–Trinajstić information content (AvgIpc) is 2.56. The number of phenols is 1. The molecule has 0 fully saturated rings. The van der Waals surface area contributed by atoms with Gasteiger partial charge in [0, 0.05) is 5.39 Å². The topological polar surface area (TPSA) is 53.1 Å². The molecule has 0 saturated heterocycles. The van der Waals surface area contributed by atoms with Crippen LogP contribution < -0.4 is 0 Å². The number of fused-ring (bicyclic) bond motifs is 1. The van der Waals surface area contributed by atoms with Crippen molar-refractivity contribution in [3.63, 3.8) is 0 Å². The third-order valence-corrected chi connectivity index (χ3v) is 2.18. The van der Waals surface area contributed by atoms with Crippen LogP contribution in [0.3, 0.4) is 0 Å². The minimum absolute atomic E-state index is 0.115. The van der Waals surface area contributed by atoms with Gasteiger partial charge in [-0.3, -0.25) is 4.79 Å². The number of aromatic nitrogens is 1. The Bertz CT molecular complexity index is 437. The van der Waals surface area contributed by atoms with Gasteiger partial charge >= 0.3 is 0 Å². The highest BCUT2D eigenvalue weighted by Crippen LogP contribution is 2.30. The van der Waals surface area contributed by atoms with E-state index in [-0.39, 0.29) is 5.75 Å². The molecule has 2 N–H and O–H groups in total. The Balaban J connectivity index is 2.87. The Kier molecular flexibility index (Phi) is 1.74. The number of hydrogen-bond acceptors (Lipinski definition) is 2. The second-order valence-electron chi connectivity index (χ2n) is 2.70. The van der Waals surface area contributed by atoms with Crippen LogP contribution in [-0.4, -0.2) is 16.4 Å². The Morgan fingerprint density at radius 3 is 2.85 bits per heavy atom. The predicted octanol–water partition coefficient (Wildman–Crippen LogP) is 2.34. The van der Waals surface area contributed by atoms with Crippen LogP contribution in [-0.2, 0) is 0 Å². The van der Waals surface area contributed by atoms with Crippen LogP contribution in [0.4, 0.5) is 0 Å². The molecule has 1 heterocycles. The van der Waals surface area contributed by atoms with Crippen LogP contribution in [0.25, 0.3) is 10.9 Å². The maximum absolute atomic E-state index is 10.4. The summed E-state index contributed by atoms with van der Waals surface area (Å²) in [4.78, 5) is 13.2. The van der Waals surface area contributed by atoms with E-state index in [1.54, 1.807) is 12.1 Å². The lowest BCUT2D eigenvalue weighted by Crippen LogP contribution is -1.75. The fraction of sp³-hybridized carbons (Fsp3) is 0. The van der Waals surface area contributed by atoms with Crippen molar-refractivity contribution in [1.29, 1.82) is 0 Å². The van der Waals surface area contributed by atoms with Crippen LogP contribution in [0.2, 0.25) is 5.02 Å². The van der Waals surface area contributed by atoms with Gasteiger partial charge in [0.15, 0.2) is 6.29 Å². The summed E-state index contributed by atoms with van der Waals surface area (Å²) in [6, 6.07) is 4.63. The summed E-state index contributed by atoms with van der Waals surface area (Å²) in [6.45, 7) is 0. The van der Waals surface area contributed by atoms with Crippen LogP contribution in [0.5, 0.6) is 5.75 Å². The summed E-state index contributed by atoms with van der Waals surface area (Å²) in [5, 5.41) is 10.5. The van der Waals surface area contributed by atoms with Crippen LogP contribution in [0.1, 0.15) is 10.5 Å². The van der Waals surface area contributed by atoms with Crippen LogP contribution in [0, 0.1) is 0 Å². The molecule has 0 aliphatic heterocycles. The van der Waals surface area contributed by atoms with Crippen molar-refractivity contribution in [3.8, 4) is 5.75 Å². The van der Waals surface area contributed by atoms with Crippen molar-refractivity contribution in [2.75, 3.05) is 0 Å². The fourth-order valence-electron chi connectivity index (χ4n) is 1.25. The molecule has 2 rings (SSSR count). The van der Waals surface area contributed by atoms with Crippen molar-refractivity contribution >= 4 is 28.8 Å². The summed E-state index contributed by atoms with van der Waals surface area (Å²) in [5.74, 6) is 0.115. The zero-order valence-corrected chi connectivity index (χ0v) is 7.30. The summed E-state index contributed by atoms with van der Waals surface area (Å²) in [6.07, 6.45) is 0.676. The van der Waals surface area contributed by atoms with Crippen molar-refractivity contribution in [3.05, 3.63) is 28.9 Å². The van der Waals surface area contributed by atoms with Crippen LogP contribution >= 0.6 is 11.6 Å². The van der Waals surface area contributed by atoms with E-state index in [1.165, 1.54) is 6.07 Å². The van der Waals surface area contributed by atoms with Crippen molar-refractivity contribution in [1.82, 2.24) is 4.98 Å². The molecular weight excluding hydrogens is 190 g/mol. The molecule has 0 spiro atoms. The van der Waals surface area contributed by atoms with Crippen molar-refractivity contribution in [2.24, 2.45) is 0 Å². The molecule has 1 aromatic carbocycles. The Hall–Kier alpha value is -1.48. The highest BCUT2D eigenvalue weighted by molar-refractivity contribution is 6.35. The molecule has 0 radical (unpaired) electrons. The molecule has 0 saturated carbocycles. The lowest BCUT2D eigenvalue weighted by Gasteiger charge is -1.95. The number of phenolic OH excluding ortho intramolecular Hbond substituents is 1. The predicted molar refractivity (Wildman–Crippen MR) is 50.4 cm³/mol. The maximum Gasteiger partial charge on any atom is 0.166 e. The van der Waals surface area contributed by atoms with E-state index < -0.39 is 0 Å². The smallest absolute Gasteiger partial charge is 0.166 e. The minimum atomic E-state index is 0.115. The Morgan fingerprint density at radius 2 is 2.23 bits per heavy atom. The molecule has 0 unspecified atom stereocenters. The van der Waals surface area contributed by atoms with Gasteiger partial charge in [0.2, 0.25) is 0 Å². The largest absolute Gasteiger partial charge is 0.507 e. The first kappa shape index (κ1) is 8.13. The van der Waals surface area contributed by atoms with E-state index in [1.807, 2.05) is 0 Å². The number of aromatic amines is 1. The molecule has 0 aliphatic rings. The second kappa shape index (κ2) is 2.78. The third kappa shape index (κ3) is 1.17. The van der Waals surface area contributed by atoms with E-state index in [0.717, 1.165) is 0 Å². The molecule has 4 heteroatoms. The van der Waals surface area contributed by atoms with E-state index in [9.17, 15) is 9.90 Å². The number of aromatic hydroxyl groups is 1. The van der Waals surface area contributed by atoms with Gasteiger partial charge in [-0.25, -0.2) is 0 Å². The van der Waals surface area contributed by atoms with E-state index >= 15 is 0 Å². The summed E-state index contributed by atoms with van der Waals surface area (Å²) >= 11 is 5.84. The lowest BCUT2D eigenvalue weighted by molar-refractivity contribution is 0.112. The summed E-state index contributed by atoms with van der Waals surface area (Å²) in [7, 11) is 0. The van der Waals surface area contributed by atoms with Gasteiger partial charge in [-0.15, -0.1) is 0 Å². The third-order valence-electron chi connectivity index (χ3n) is 1.87. The molecular formula is C9H6ClNO2. The number of H-pyrrole nitrogens is 1. The number of aldehydes is 1. The first-order valence-corrected chi connectivity index (χ1v) is 4.05. The summed E-state index contributed by atoms with van der Waals surface area (Å²) in [5.41, 5.74) is 0.988.